The van der Waals surface area contributed by atoms with Crippen LogP contribution in [0.25, 0.3) is 22.1 Å². The van der Waals surface area contributed by atoms with E-state index in [-0.39, 0.29) is 11.4 Å². The number of fused-ring (bicyclic) bond motifs is 1. The summed E-state index contributed by atoms with van der Waals surface area (Å²) in [7, 11) is 1.47. The van der Waals surface area contributed by atoms with Crippen molar-refractivity contribution in [3.05, 3.63) is 59.0 Å². The lowest BCUT2D eigenvalue weighted by Gasteiger charge is -2.06. The molecule has 1 heterocycles. The summed E-state index contributed by atoms with van der Waals surface area (Å²) < 4.78 is 10.4. The number of rotatable bonds is 2. The van der Waals surface area contributed by atoms with E-state index >= 15 is 0 Å². The second-order valence-electron chi connectivity index (χ2n) is 4.37. The Balaban J connectivity index is 2.22. The zero-order valence-electron chi connectivity index (χ0n) is 10.8. The molecule has 0 saturated heterocycles. The average molecular weight is 268 g/mol. The highest BCUT2D eigenvalue weighted by molar-refractivity contribution is 5.84. The summed E-state index contributed by atoms with van der Waals surface area (Å²) in [5.74, 6) is 0.810. The molecule has 0 aliphatic rings. The zero-order valence-corrected chi connectivity index (χ0v) is 10.8. The molecule has 0 aliphatic heterocycles. The fraction of sp³-hybridized carbons (Fsp3) is 0.0625. The van der Waals surface area contributed by atoms with Gasteiger partial charge < -0.3 is 14.3 Å². The summed E-state index contributed by atoms with van der Waals surface area (Å²) >= 11 is 0. The van der Waals surface area contributed by atoms with Gasteiger partial charge >= 0.3 is 5.63 Å². The van der Waals surface area contributed by atoms with E-state index in [4.69, 9.17) is 9.15 Å². The summed E-state index contributed by atoms with van der Waals surface area (Å²) in [4.78, 5) is 11.9. The smallest absolute Gasteiger partial charge is 0.344 e. The van der Waals surface area contributed by atoms with Gasteiger partial charge in [0.1, 0.15) is 5.76 Å². The van der Waals surface area contributed by atoms with E-state index in [1.807, 2.05) is 12.1 Å². The molecule has 3 rings (SSSR count). The van der Waals surface area contributed by atoms with Crippen molar-refractivity contribution in [3.63, 3.8) is 0 Å². The summed E-state index contributed by atoms with van der Waals surface area (Å²) in [6.45, 7) is 0. The molecular weight excluding hydrogens is 256 g/mol. The first-order chi connectivity index (χ1) is 9.69. The van der Waals surface area contributed by atoms with Crippen molar-refractivity contribution >= 4 is 10.8 Å². The monoisotopic (exact) mass is 268 g/mol. The lowest BCUT2D eigenvalue weighted by Crippen LogP contribution is -2.00. The maximum atomic E-state index is 11.9. The van der Waals surface area contributed by atoms with Crippen molar-refractivity contribution in [2.24, 2.45) is 0 Å². The second-order valence-corrected chi connectivity index (χ2v) is 4.37. The van der Waals surface area contributed by atoms with Crippen molar-refractivity contribution < 1.29 is 14.3 Å². The standard InChI is InChI=1S/C16H12O4/c1-19-15-9-11(6-7-13(15)17)14-8-10-4-2-3-5-12(10)16(18)20-14/h2-9,17H,1H3. The van der Waals surface area contributed by atoms with Crippen molar-refractivity contribution in [1.29, 1.82) is 0 Å². The van der Waals surface area contributed by atoms with E-state index < -0.39 is 0 Å². The molecule has 0 unspecified atom stereocenters. The molecule has 0 bridgehead atoms. The minimum atomic E-state index is -0.384. The normalized spacial score (nSPS) is 10.7. The first-order valence-electron chi connectivity index (χ1n) is 6.09. The van der Waals surface area contributed by atoms with E-state index in [0.717, 1.165) is 5.39 Å². The number of methoxy groups -OCH3 is 1. The van der Waals surface area contributed by atoms with Gasteiger partial charge in [-0.2, -0.15) is 0 Å². The molecule has 0 saturated carbocycles. The Morgan fingerprint density at radius 1 is 1.10 bits per heavy atom. The van der Waals surface area contributed by atoms with Crippen LogP contribution < -0.4 is 10.4 Å². The summed E-state index contributed by atoms with van der Waals surface area (Å²) in [5.41, 5.74) is 0.285. The summed E-state index contributed by atoms with van der Waals surface area (Å²) in [5, 5.41) is 10.9. The molecule has 2 aromatic carbocycles. The maximum absolute atomic E-state index is 11.9. The third kappa shape index (κ3) is 2.01. The van der Waals surface area contributed by atoms with Crippen molar-refractivity contribution in [2.45, 2.75) is 0 Å². The van der Waals surface area contributed by atoms with Gasteiger partial charge in [-0.1, -0.05) is 18.2 Å². The van der Waals surface area contributed by atoms with Crippen LogP contribution in [0.1, 0.15) is 0 Å². The molecule has 20 heavy (non-hydrogen) atoms. The number of ether oxygens (including phenoxy) is 1. The van der Waals surface area contributed by atoms with Gasteiger partial charge in [-0.25, -0.2) is 4.79 Å². The number of hydrogen-bond donors (Lipinski definition) is 1. The van der Waals surface area contributed by atoms with E-state index in [1.165, 1.54) is 13.2 Å². The molecule has 0 aliphatic carbocycles. The molecule has 4 heteroatoms. The predicted octanol–water partition coefficient (Wildman–Crippen LogP) is 3.17. The highest BCUT2D eigenvalue weighted by Gasteiger charge is 2.09. The van der Waals surface area contributed by atoms with Crippen molar-refractivity contribution in [2.75, 3.05) is 7.11 Å². The molecule has 0 amide bonds. The Kier molecular flexibility index (Phi) is 2.91. The molecule has 0 spiro atoms. The number of phenolic OH excluding ortho intramolecular Hbond substituents is 1. The summed E-state index contributed by atoms with van der Waals surface area (Å²) in [6, 6.07) is 13.8. The third-order valence-corrected chi connectivity index (χ3v) is 3.13. The van der Waals surface area contributed by atoms with Gasteiger partial charge in [0.25, 0.3) is 0 Å². The number of benzene rings is 2. The fourth-order valence-electron chi connectivity index (χ4n) is 2.11. The van der Waals surface area contributed by atoms with Gasteiger partial charge in [0.15, 0.2) is 11.5 Å². The van der Waals surface area contributed by atoms with Gasteiger partial charge in [0, 0.05) is 5.56 Å². The van der Waals surface area contributed by atoms with Crippen LogP contribution >= 0.6 is 0 Å². The largest absolute Gasteiger partial charge is 0.504 e. The van der Waals surface area contributed by atoms with E-state index in [0.29, 0.717) is 22.5 Å². The molecule has 1 aromatic heterocycles. The number of hydrogen-bond acceptors (Lipinski definition) is 4. The van der Waals surface area contributed by atoms with Crippen LogP contribution in [0.4, 0.5) is 0 Å². The van der Waals surface area contributed by atoms with Gasteiger partial charge in [0.05, 0.1) is 12.5 Å². The molecule has 1 N–H and O–H groups in total. The molecule has 0 fully saturated rings. The Bertz CT molecular complexity index is 833. The Labute approximate surface area is 114 Å². The van der Waals surface area contributed by atoms with E-state index in [2.05, 4.69) is 0 Å². The Hall–Kier alpha value is -2.75. The van der Waals surface area contributed by atoms with Crippen molar-refractivity contribution in [3.8, 4) is 22.8 Å². The maximum Gasteiger partial charge on any atom is 0.344 e. The first-order valence-corrected chi connectivity index (χ1v) is 6.09. The quantitative estimate of drug-likeness (QED) is 0.775. The van der Waals surface area contributed by atoms with E-state index in [9.17, 15) is 9.90 Å². The molecule has 0 atom stereocenters. The molecule has 0 radical (unpaired) electrons. The second kappa shape index (κ2) is 4.74. The van der Waals surface area contributed by atoms with Gasteiger partial charge in [-0.3, -0.25) is 0 Å². The SMILES string of the molecule is COc1cc(-c2cc3ccccc3c(=O)o2)ccc1O. The third-order valence-electron chi connectivity index (χ3n) is 3.13. The average Bonchev–Trinajstić information content (AvgIpc) is 2.47. The van der Waals surface area contributed by atoms with Crippen LogP contribution in [0.3, 0.4) is 0 Å². The fourth-order valence-corrected chi connectivity index (χ4v) is 2.11. The van der Waals surface area contributed by atoms with Gasteiger partial charge in [0.2, 0.25) is 0 Å². The van der Waals surface area contributed by atoms with Gasteiger partial charge in [-0.15, -0.1) is 0 Å². The highest BCUT2D eigenvalue weighted by Crippen LogP contribution is 2.31. The number of aromatic hydroxyl groups is 1. The van der Waals surface area contributed by atoms with Crippen LogP contribution in [0.2, 0.25) is 0 Å². The van der Waals surface area contributed by atoms with E-state index in [1.54, 1.807) is 30.3 Å². The molecule has 4 nitrogen and oxygen atoms in total. The van der Waals surface area contributed by atoms with Crippen LogP contribution in [0, 0.1) is 0 Å². The molecule has 100 valence electrons. The lowest BCUT2D eigenvalue weighted by atomic mass is 10.1. The summed E-state index contributed by atoms with van der Waals surface area (Å²) in [6.07, 6.45) is 0. The molecule has 3 aromatic rings. The Morgan fingerprint density at radius 2 is 1.90 bits per heavy atom. The zero-order chi connectivity index (χ0) is 14.1. The van der Waals surface area contributed by atoms with Crippen LogP contribution in [0.5, 0.6) is 11.5 Å². The topological polar surface area (TPSA) is 59.7 Å². The lowest BCUT2D eigenvalue weighted by molar-refractivity contribution is 0.373. The van der Waals surface area contributed by atoms with Crippen LogP contribution in [-0.2, 0) is 0 Å². The van der Waals surface area contributed by atoms with Gasteiger partial charge in [-0.05, 0) is 35.7 Å². The highest BCUT2D eigenvalue weighted by atomic mass is 16.5. The minimum Gasteiger partial charge on any atom is -0.504 e. The first kappa shape index (κ1) is 12.3. The van der Waals surface area contributed by atoms with Crippen LogP contribution in [0.15, 0.2) is 57.7 Å². The van der Waals surface area contributed by atoms with Crippen LogP contribution in [-0.4, -0.2) is 12.2 Å². The molecular formula is C16H12O4. The predicted molar refractivity (Wildman–Crippen MR) is 76.1 cm³/mol. The minimum absolute atomic E-state index is 0.0411. The Morgan fingerprint density at radius 3 is 2.70 bits per heavy atom. The van der Waals surface area contributed by atoms with Crippen molar-refractivity contribution in [1.82, 2.24) is 0 Å². The number of phenols is 1.